The van der Waals surface area contributed by atoms with Crippen LogP contribution in [0.4, 0.5) is 5.95 Å². The second kappa shape index (κ2) is 3.84. The number of imidazole rings is 1. The number of benzene rings is 1. The lowest BCUT2D eigenvalue weighted by Gasteiger charge is -2.06. The van der Waals surface area contributed by atoms with E-state index in [1.165, 1.54) is 5.56 Å². The summed E-state index contributed by atoms with van der Waals surface area (Å²) in [5.74, 6) is 0.465. The highest BCUT2D eigenvalue weighted by molar-refractivity contribution is 5.77. The summed E-state index contributed by atoms with van der Waals surface area (Å²) in [7, 11) is 0. The molecule has 0 radical (unpaired) electrons. The number of nitrogen functional groups attached to an aromatic ring is 1. The van der Waals surface area contributed by atoms with Crippen molar-refractivity contribution in [1.82, 2.24) is 14.5 Å². The maximum atomic E-state index is 5.99. The standard InChI is InChI=1S/C14H14N4/c1-9-3-6-11(7-4-9)18-13-12(17-14(18)15)8-5-10(2)16-13/h3-8H,1-2H3,(H2,15,17). The van der Waals surface area contributed by atoms with Crippen LogP contribution in [0.1, 0.15) is 11.3 Å². The van der Waals surface area contributed by atoms with Gasteiger partial charge >= 0.3 is 0 Å². The van der Waals surface area contributed by atoms with Gasteiger partial charge in [0.2, 0.25) is 5.95 Å². The molecule has 4 nitrogen and oxygen atoms in total. The van der Waals surface area contributed by atoms with Crippen LogP contribution in [0.2, 0.25) is 0 Å². The SMILES string of the molecule is Cc1ccc(-n2c(N)nc3ccc(C)nc32)cc1. The lowest BCUT2D eigenvalue weighted by Crippen LogP contribution is -2.01. The lowest BCUT2D eigenvalue weighted by atomic mass is 10.2. The fraction of sp³-hybridized carbons (Fsp3) is 0.143. The van der Waals surface area contributed by atoms with Gasteiger partial charge in [-0.05, 0) is 38.1 Å². The number of nitrogens with two attached hydrogens (primary N) is 1. The van der Waals surface area contributed by atoms with Crippen LogP contribution >= 0.6 is 0 Å². The molecular formula is C14H14N4. The Morgan fingerprint density at radius 2 is 1.67 bits per heavy atom. The molecule has 0 aliphatic heterocycles. The third kappa shape index (κ3) is 1.62. The Labute approximate surface area is 105 Å². The molecule has 0 aliphatic carbocycles. The molecule has 2 N–H and O–H groups in total. The van der Waals surface area contributed by atoms with Gasteiger partial charge in [0.25, 0.3) is 0 Å². The zero-order valence-electron chi connectivity index (χ0n) is 10.4. The third-order valence-corrected chi connectivity index (χ3v) is 2.96. The second-order valence-electron chi connectivity index (χ2n) is 4.44. The van der Waals surface area contributed by atoms with Crippen LogP contribution < -0.4 is 5.73 Å². The third-order valence-electron chi connectivity index (χ3n) is 2.96. The largest absolute Gasteiger partial charge is 0.369 e. The van der Waals surface area contributed by atoms with E-state index in [1.54, 1.807) is 0 Å². The number of anilines is 1. The van der Waals surface area contributed by atoms with Gasteiger partial charge in [-0.1, -0.05) is 17.7 Å². The molecule has 0 fully saturated rings. The topological polar surface area (TPSA) is 56.7 Å². The maximum Gasteiger partial charge on any atom is 0.207 e. The predicted octanol–water partition coefficient (Wildman–Crippen LogP) is 2.62. The Bertz CT molecular complexity index is 710. The van der Waals surface area contributed by atoms with Gasteiger partial charge in [0, 0.05) is 5.69 Å². The molecule has 3 aromatic rings. The van der Waals surface area contributed by atoms with Crippen molar-refractivity contribution in [2.24, 2.45) is 0 Å². The van der Waals surface area contributed by atoms with E-state index in [4.69, 9.17) is 5.73 Å². The van der Waals surface area contributed by atoms with E-state index >= 15 is 0 Å². The molecule has 2 aromatic heterocycles. The quantitative estimate of drug-likeness (QED) is 0.709. The Hall–Kier alpha value is -2.36. The first-order valence-corrected chi connectivity index (χ1v) is 5.84. The van der Waals surface area contributed by atoms with E-state index in [0.29, 0.717) is 5.95 Å². The fourth-order valence-electron chi connectivity index (χ4n) is 2.02. The summed E-state index contributed by atoms with van der Waals surface area (Å²) in [4.78, 5) is 8.85. The van der Waals surface area contributed by atoms with Crippen LogP contribution in [0.5, 0.6) is 0 Å². The molecular weight excluding hydrogens is 224 g/mol. The van der Waals surface area contributed by atoms with E-state index in [9.17, 15) is 0 Å². The van der Waals surface area contributed by atoms with Crippen LogP contribution in [0.15, 0.2) is 36.4 Å². The van der Waals surface area contributed by atoms with Crippen molar-refractivity contribution in [1.29, 1.82) is 0 Å². The molecule has 0 aliphatic rings. The summed E-state index contributed by atoms with van der Waals surface area (Å²) in [5.41, 5.74) is 10.8. The first-order valence-electron chi connectivity index (χ1n) is 5.84. The van der Waals surface area contributed by atoms with Gasteiger partial charge < -0.3 is 5.73 Å². The highest BCUT2D eigenvalue weighted by Crippen LogP contribution is 2.21. The van der Waals surface area contributed by atoms with Crippen LogP contribution in [0.3, 0.4) is 0 Å². The minimum atomic E-state index is 0.465. The average molecular weight is 238 g/mol. The highest BCUT2D eigenvalue weighted by atomic mass is 15.2. The number of hydrogen-bond acceptors (Lipinski definition) is 3. The van der Waals surface area contributed by atoms with Crippen molar-refractivity contribution in [3.63, 3.8) is 0 Å². The Balaban J connectivity index is 2.30. The molecule has 0 spiro atoms. The number of aryl methyl sites for hydroxylation is 2. The summed E-state index contributed by atoms with van der Waals surface area (Å²) in [6.07, 6.45) is 0. The van der Waals surface area contributed by atoms with Crippen LogP contribution in [-0.2, 0) is 0 Å². The average Bonchev–Trinajstić information content (AvgIpc) is 2.66. The first kappa shape index (κ1) is 10.8. The van der Waals surface area contributed by atoms with Gasteiger partial charge in [0.1, 0.15) is 5.52 Å². The monoisotopic (exact) mass is 238 g/mol. The van der Waals surface area contributed by atoms with E-state index < -0.39 is 0 Å². The number of pyridine rings is 1. The van der Waals surface area contributed by atoms with Crippen molar-refractivity contribution in [3.05, 3.63) is 47.7 Å². The van der Waals surface area contributed by atoms with Crippen molar-refractivity contribution < 1.29 is 0 Å². The molecule has 0 saturated carbocycles. The van der Waals surface area contributed by atoms with Crippen LogP contribution in [0.25, 0.3) is 16.9 Å². The number of fused-ring (bicyclic) bond motifs is 1. The second-order valence-corrected chi connectivity index (χ2v) is 4.44. The molecule has 4 heteroatoms. The number of nitrogens with zero attached hydrogens (tertiary/aromatic N) is 3. The van der Waals surface area contributed by atoms with Gasteiger partial charge in [-0.3, -0.25) is 4.57 Å². The van der Waals surface area contributed by atoms with Crippen molar-refractivity contribution in [3.8, 4) is 5.69 Å². The smallest absolute Gasteiger partial charge is 0.207 e. The van der Waals surface area contributed by atoms with Crippen LogP contribution in [0, 0.1) is 13.8 Å². The molecule has 0 unspecified atom stereocenters. The van der Waals surface area contributed by atoms with Crippen molar-refractivity contribution >= 4 is 17.1 Å². The molecule has 1 aromatic carbocycles. The van der Waals surface area contributed by atoms with Gasteiger partial charge in [-0.2, -0.15) is 0 Å². The van der Waals surface area contributed by atoms with Gasteiger partial charge in [0.05, 0.1) is 5.69 Å². The van der Waals surface area contributed by atoms with E-state index in [2.05, 4.69) is 29.0 Å². The van der Waals surface area contributed by atoms with Gasteiger partial charge in [-0.15, -0.1) is 0 Å². The molecule has 90 valence electrons. The van der Waals surface area contributed by atoms with Crippen LogP contribution in [-0.4, -0.2) is 14.5 Å². The van der Waals surface area contributed by atoms with Crippen molar-refractivity contribution in [2.75, 3.05) is 5.73 Å². The van der Waals surface area contributed by atoms with Gasteiger partial charge in [0.15, 0.2) is 5.65 Å². The first-order chi connectivity index (χ1) is 8.65. The van der Waals surface area contributed by atoms with Crippen molar-refractivity contribution in [2.45, 2.75) is 13.8 Å². The summed E-state index contributed by atoms with van der Waals surface area (Å²) < 4.78 is 1.88. The zero-order valence-corrected chi connectivity index (χ0v) is 10.4. The lowest BCUT2D eigenvalue weighted by molar-refractivity contribution is 1.07. The number of rotatable bonds is 1. The predicted molar refractivity (Wildman–Crippen MR) is 72.8 cm³/mol. The molecule has 0 atom stereocenters. The normalized spacial score (nSPS) is 11.0. The summed E-state index contributed by atoms with van der Waals surface area (Å²) in [6, 6.07) is 12.0. The van der Waals surface area contributed by atoms with E-state index in [-0.39, 0.29) is 0 Å². The van der Waals surface area contributed by atoms with E-state index in [0.717, 1.165) is 22.5 Å². The Morgan fingerprint density at radius 1 is 0.944 bits per heavy atom. The molecule has 3 rings (SSSR count). The molecule has 0 amide bonds. The fourth-order valence-corrected chi connectivity index (χ4v) is 2.02. The molecule has 0 bridgehead atoms. The summed E-state index contributed by atoms with van der Waals surface area (Å²) in [5, 5.41) is 0. The molecule has 2 heterocycles. The summed E-state index contributed by atoms with van der Waals surface area (Å²) in [6.45, 7) is 4.02. The Morgan fingerprint density at radius 3 is 2.39 bits per heavy atom. The van der Waals surface area contributed by atoms with Gasteiger partial charge in [-0.25, -0.2) is 9.97 Å². The maximum absolute atomic E-state index is 5.99. The summed E-state index contributed by atoms with van der Waals surface area (Å²) >= 11 is 0. The Kier molecular flexibility index (Phi) is 2.30. The minimum absolute atomic E-state index is 0.465. The molecule has 0 saturated heterocycles. The van der Waals surface area contributed by atoms with E-state index in [1.807, 2.05) is 35.8 Å². The number of hydrogen-bond donors (Lipinski definition) is 1. The highest BCUT2D eigenvalue weighted by Gasteiger charge is 2.10. The zero-order chi connectivity index (χ0) is 12.7. The minimum Gasteiger partial charge on any atom is -0.369 e. The number of aromatic nitrogens is 3. The molecule has 18 heavy (non-hydrogen) atoms.